The van der Waals surface area contributed by atoms with Crippen molar-refractivity contribution in [3.05, 3.63) is 12.2 Å². The zero-order chi connectivity index (χ0) is 8.15. The van der Waals surface area contributed by atoms with Crippen molar-refractivity contribution in [1.82, 2.24) is 0 Å². The minimum absolute atomic E-state index is 0.0302. The number of rotatable bonds is 4. The van der Waals surface area contributed by atoms with E-state index in [1.807, 2.05) is 13.8 Å². The molecule has 10 heavy (non-hydrogen) atoms. The first-order chi connectivity index (χ1) is 4.59. The van der Waals surface area contributed by atoms with Gasteiger partial charge in [0.2, 0.25) is 0 Å². The fraction of sp³-hybridized carbons (Fsp3) is 0.625. The van der Waals surface area contributed by atoms with E-state index in [4.69, 9.17) is 4.74 Å². The maximum atomic E-state index is 11.1. The first-order valence-electron chi connectivity index (χ1n) is 3.30. The van der Waals surface area contributed by atoms with Crippen LogP contribution in [0.15, 0.2) is 12.2 Å². The quantitative estimate of drug-likeness (QED) is 0.555. The van der Waals surface area contributed by atoms with Crippen LogP contribution in [0.2, 0.25) is 0 Å². The second-order valence-electron chi connectivity index (χ2n) is 2.56. The zero-order valence-electron chi connectivity index (χ0n) is 6.81. The molecule has 0 aliphatic rings. The Kier molecular flexibility index (Phi) is 3.96. The molecule has 0 rings (SSSR count). The van der Waals surface area contributed by atoms with Crippen molar-refractivity contribution in [1.29, 1.82) is 0 Å². The first-order valence-corrected chi connectivity index (χ1v) is 3.30. The normalized spacial score (nSPS) is 10.0. The molecular weight excluding hydrogens is 128 g/mol. The number of hydrogen-bond donors (Lipinski definition) is 0. The molecule has 0 aromatic rings. The highest BCUT2D eigenvalue weighted by Crippen LogP contribution is 2.03. The molecule has 0 saturated carbocycles. The minimum Gasteiger partial charge on any atom is -0.380 e. The minimum atomic E-state index is 0.0302. The molecule has 0 fully saturated rings. The van der Waals surface area contributed by atoms with Gasteiger partial charge in [-0.3, -0.25) is 4.79 Å². The summed E-state index contributed by atoms with van der Waals surface area (Å²) in [5.41, 5.74) is 0.553. The van der Waals surface area contributed by atoms with E-state index in [0.717, 1.165) is 0 Å². The zero-order valence-corrected chi connectivity index (χ0v) is 6.81. The number of ether oxygens (including phenoxy) is 1. The van der Waals surface area contributed by atoms with Gasteiger partial charge in [-0.05, 0) is 0 Å². The van der Waals surface area contributed by atoms with Crippen molar-refractivity contribution in [2.75, 3.05) is 13.7 Å². The third-order valence-electron chi connectivity index (χ3n) is 1.19. The van der Waals surface area contributed by atoms with Crippen LogP contribution in [-0.2, 0) is 9.53 Å². The van der Waals surface area contributed by atoms with Crippen LogP contribution in [-0.4, -0.2) is 19.5 Å². The predicted octanol–water partition coefficient (Wildman–Crippen LogP) is 1.41. The molecule has 2 nitrogen and oxygen atoms in total. The Morgan fingerprint density at radius 3 is 2.40 bits per heavy atom. The number of carbonyl (C=O) groups is 1. The summed E-state index contributed by atoms with van der Waals surface area (Å²) in [6, 6.07) is 0. The van der Waals surface area contributed by atoms with Gasteiger partial charge in [-0.2, -0.15) is 0 Å². The van der Waals surface area contributed by atoms with Crippen LogP contribution in [0, 0.1) is 5.92 Å². The average Bonchev–Trinajstić information content (AvgIpc) is 1.87. The standard InChI is InChI=1S/C8H14O2/c1-6(2)8(9)7(3)5-10-4/h6H,3,5H2,1-2,4H3. The molecule has 0 radical (unpaired) electrons. The molecule has 0 amide bonds. The van der Waals surface area contributed by atoms with Crippen LogP contribution >= 0.6 is 0 Å². The lowest BCUT2D eigenvalue weighted by molar-refractivity contribution is -0.118. The van der Waals surface area contributed by atoms with Gasteiger partial charge in [-0.25, -0.2) is 0 Å². The summed E-state index contributed by atoms with van der Waals surface area (Å²) in [6.45, 7) is 7.64. The van der Waals surface area contributed by atoms with Gasteiger partial charge in [-0.15, -0.1) is 0 Å². The number of carbonyl (C=O) groups excluding carboxylic acids is 1. The van der Waals surface area contributed by atoms with Crippen molar-refractivity contribution in [2.45, 2.75) is 13.8 Å². The van der Waals surface area contributed by atoms with Gasteiger partial charge in [0, 0.05) is 18.6 Å². The molecule has 0 aliphatic heterocycles. The van der Waals surface area contributed by atoms with Crippen LogP contribution in [0.25, 0.3) is 0 Å². The van der Waals surface area contributed by atoms with E-state index >= 15 is 0 Å². The van der Waals surface area contributed by atoms with Crippen LogP contribution in [0.3, 0.4) is 0 Å². The van der Waals surface area contributed by atoms with Crippen molar-refractivity contribution in [2.24, 2.45) is 5.92 Å². The van der Waals surface area contributed by atoms with Crippen molar-refractivity contribution < 1.29 is 9.53 Å². The second kappa shape index (κ2) is 4.23. The molecule has 0 N–H and O–H groups in total. The number of methoxy groups -OCH3 is 1. The average molecular weight is 142 g/mol. The lowest BCUT2D eigenvalue weighted by atomic mass is 10.0. The topological polar surface area (TPSA) is 26.3 Å². The molecule has 0 atom stereocenters. The Labute approximate surface area is 61.9 Å². The highest BCUT2D eigenvalue weighted by atomic mass is 16.5. The summed E-state index contributed by atoms with van der Waals surface area (Å²) in [4.78, 5) is 11.1. The maximum absolute atomic E-state index is 11.1. The summed E-state index contributed by atoms with van der Waals surface area (Å²) >= 11 is 0. The molecule has 58 valence electrons. The number of hydrogen-bond acceptors (Lipinski definition) is 2. The monoisotopic (exact) mass is 142 g/mol. The summed E-state index contributed by atoms with van der Waals surface area (Å²) in [5.74, 6) is 0.115. The first kappa shape index (κ1) is 9.37. The summed E-state index contributed by atoms with van der Waals surface area (Å²) in [6.07, 6.45) is 0. The fourth-order valence-electron chi connectivity index (χ4n) is 0.654. The van der Waals surface area contributed by atoms with Crippen LogP contribution in [0.1, 0.15) is 13.8 Å². The number of Topliss-reactive ketones (excluding diaryl/α,β-unsaturated/α-hetero) is 1. The second-order valence-corrected chi connectivity index (χ2v) is 2.56. The molecule has 2 heteroatoms. The molecule has 0 spiro atoms. The van der Waals surface area contributed by atoms with Gasteiger partial charge in [0.05, 0.1) is 6.61 Å². The molecular formula is C8H14O2. The van der Waals surface area contributed by atoms with Gasteiger partial charge >= 0.3 is 0 Å². The Balaban J connectivity index is 3.83. The Bertz CT molecular complexity index is 136. The van der Waals surface area contributed by atoms with Gasteiger partial charge in [-0.1, -0.05) is 20.4 Å². The van der Waals surface area contributed by atoms with Crippen LogP contribution in [0.4, 0.5) is 0 Å². The summed E-state index contributed by atoms with van der Waals surface area (Å²) in [7, 11) is 1.55. The Morgan fingerprint density at radius 2 is 2.10 bits per heavy atom. The lowest BCUT2D eigenvalue weighted by Gasteiger charge is -2.05. The largest absolute Gasteiger partial charge is 0.380 e. The smallest absolute Gasteiger partial charge is 0.163 e. The molecule has 0 bridgehead atoms. The molecule has 0 aromatic carbocycles. The van der Waals surface area contributed by atoms with Gasteiger partial charge in [0.15, 0.2) is 5.78 Å². The SMILES string of the molecule is C=C(COC)C(=O)C(C)C. The third kappa shape index (κ3) is 2.78. The fourth-order valence-corrected chi connectivity index (χ4v) is 0.654. The van der Waals surface area contributed by atoms with E-state index in [0.29, 0.717) is 12.2 Å². The van der Waals surface area contributed by atoms with Gasteiger partial charge < -0.3 is 4.74 Å². The Hall–Kier alpha value is -0.630. The highest BCUT2D eigenvalue weighted by molar-refractivity contribution is 5.96. The lowest BCUT2D eigenvalue weighted by Crippen LogP contribution is -2.12. The molecule has 0 saturated heterocycles. The van der Waals surface area contributed by atoms with Crippen molar-refractivity contribution in [3.63, 3.8) is 0 Å². The summed E-state index contributed by atoms with van der Waals surface area (Å²) < 4.78 is 4.75. The van der Waals surface area contributed by atoms with E-state index < -0.39 is 0 Å². The molecule has 0 heterocycles. The number of ketones is 1. The van der Waals surface area contributed by atoms with Crippen LogP contribution in [0.5, 0.6) is 0 Å². The van der Waals surface area contributed by atoms with Gasteiger partial charge in [0.25, 0.3) is 0 Å². The Morgan fingerprint density at radius 1 is 1.60 bits per heavy atom. The molecule has 0 aromatic heterocycles. The van der Waals surface area contributed by atoms with E-state index in [1.54, 1.807) is 7.11 Å². The molecule has 0 aliphatic carbocycles. The van der Waals surface area contributed by atoms with E-state index in [9.17, 15) is 4.79 Å². The van der Waals surface area contributed by atoms with Crippen molar-refractivity contribution in [3.8, 4) is 0 Å². The van der Waals surface area contributed by atoms with Crippen molar-refractivity contribution >= 4 is 5.78 Å². The third-order valence-corrected chi connectivity index (χ3v) is 1.19. The van der Waals surface area contributed by atoms with Gasteiger partial charge in [0.1, 0.15) is 0 Å². The highest BCUT2D eigenvalue weighted by Gasteiger charge is 2.10. The predicted molar refractivity (Wildman–Crippen MR) is 40.9 cm³/mol. The molecule has 0 unspecified atom stereocenters. The maximum Gasteiger partial charge on any atom is 0.163 e. The van der Waals surface area contributed by atoms with E-state index in [1.165, 1.54) is 0 Å². The van der Waals surface area contributed by atoms with E-state index in [-0.39, 0.29) is 11.7 Å². The van der Waals surface area contributed by atoms with E-state index in [2.05, 4.69) is 6.58 Å². The summed E-state index contributed by atoms with van der Waals surface area (Å²) in [5, 5.41) is 0. The van der Waals surface area contributed by atoms with Crippen LogP contribution < -0.4 is 0 Å².